The summed E-state index contributed by atoms with van der Waals surface area (Å²) in [5.74, 6) is 0.992. The van der Waals surface area contributed by atoms with E-state index in [1.54, 1.807) is 11.8 Å². The van der Waals surface area contributed by atoms with E-state index >= 15 is 0 Å². The molecule has 1 aliphatic heterocycles. The molecule has 0 radical (unpaired) electrons. The number of nitrogens with one attached hydrogen (secondary N) is 2. The molecule has 2 N–H and O–H groups in total. The minimum absolute atomic E-state index is 0. The van der Waals surface area contributed by atoms with Crippen LogP contribution in [0.4, 0.5) is 0 Å². The van der Waals surface area contributed by atoms with Crippen LogP contribution in [0.3, 0.4) is 0 Å². The van der Waals surface area contributed by atoms with E-state index in [1.165, 1.54) is 24.2 Å². The van der Waals surface area contributed by atoms with E-state index in [1.807, 2.05) is 6.07 Å². The highest BCUT2D eigenvalue weighted by Crippen LogP contribution is 2.45. The van der Waals surface area contributed by atoms with Gasteiger partial charge in [0.2, 0.25) is 5.91 Å². The predicted molar refractivity (Wildman–Crippen MR) is 99.3 cm³/mol. The second-order valence-corrected chi connectivity index (χ2v) is 7.98. The van der Waals surface area contributed by atoms with E-state index in [2.05, 4.69) is 34.9 Å². The van der Waals surface area contributed by atoms with Crippen molar-refractivity contribution in [1.29, 1.82) is 0 Å². The summed E-state index contributed by atoms with van der Waals surface area (Å²) in [7, 11) is 0. The molecule has 1 atom stereocenters. The Labute approximate surface area is 149 Å². The number of amides is 1. The Balaban J connectivity index is 0.00000192. The first-order valence-electron chi connectivity index (χ1n) is 8.52. The Hall–Kier alpha value is -0.710. The van der Waals surface area contributed by atoms with Crippen molar-refractivity contribution in [3.05, 3.63) is 30.3 Å². The van der Waals surface area contributed by atoms with Crippen molar-refractivity contribution < 1.29 is 4.79 Å². The number of rotatable bonds is 6. The van der Waals surface area contributed by atoms with Gasteiger partial charge in [-0.1, -0.05) is 31.0 Å². The number of carbonyl (C=O) groups is 1. The van der Waals surface area contributed by atoms with Crippen molar-refractivity contribution >= 4 is 30.1 Å². The fourth-order valence-corrected chi connectivity index (χ4v) is 4.95. The maximum Gasteiger partial charge on any atom is 0.236 e. The second kappa shape index (κ2) is 8.95. The molecule has 1 aliphatic carbocycles. The molecule has 3 rings (SSSR count). The fraction of sp³-hybridized carbons (Fsp3) is 0.611. The lowest BCUT2D eigenvalue weighted by Gasteiger charge is -2.27. The number of carbonyl (C=O) groups excluding carboxylic acids is 1. The van der Waals surface area contributed by atoms with Crippen LogP contribution < -0.4 is 10.6 Å². The van der Waals surface area contributed by atoms with Crippen LogP contribution in [-0.4, -0.2) is 30.3 Å². The Morgan fingerprint density at radius 3 is 2.65 bits per heavy atom. The summed E-state index contributed by atoms with van der Waals surface area (Å²) >= 11 is 1.77. The largest absolute Gasteiger partial charge is 0.355 e. The smallest absolute Gasteiger partial charge is 0.236 e. The topological polar surface area (TPSA) is 41.1 Å². The highest BCUT2D eigenvalue weighted by molar-refractivity contribution is 8.01. The highest BCUT2D eigenvalue weighted by Gasteiger charge is 2.42. The zero-order valence-electron chi connectivity index (χ0n) is 13.6. The van der Waals surface area contributed by atoms with Gasteiger partial charge in [-0.2, -0.15) is 0 Å². The molecule has 1 aromatic carbocycles. The summed E-state index contributed by atoms with van der Waals surface area (Å²) in [6.07, 6.45) is 6.69. The van der Waals surface area contributed by atoms with Crippen molar-refractivity contribution in [3.8, 4) is 0 Å². The van der Waals surface area contributed by atoms with E-state index in [9.17, 15) is 4.79 Å². The lowest BCUT2D eigenvalue weighted by atomic mass is 10.0. The first-order valence-corrected chi connectivity index (χ1v) is 9.33. The fourth-order valence-electron chi connectivity index (χ4n) is 3.55. The van der Waals surface area contributed by atoms with E-state index in [4.69, 9.17) is 0 Å². The highest BCUT2D eigenvalue weighted by atomic mass is 35.5. The van der Waals surface area contributed by atoms with Crippen LogP contribution in [0.1, 0.15) is 38.5 Å². The van der Waals surface area contributed by atoms with E-state index in [0.717, 1.165) is 44.8 Å². The summed E-state index contributed by atoms with van der Waals surface area (Å²) in [4.78, 5) is 14.0. The number of hydrogen-bond acceptors (Lipinski definition) is 3. The molecule has 0 spiro atoms. The van der Waals surface area contributed by atoms with Crippen molar-refractivity contribution in [1.82, 2.24) is 10.6 Å². The van der Waals surface area contributed by atoms with Crippen LogP contribution in [0.25, 0.3) is 0 Å². The minimum Gasteiger partial charge on any atom is -0.355 e. The molecule has 0 bridgehead atoms. The van der Waals surface area contributed by atoms with Crippen LogP contribution >= 0.6 is 24.2 Å². The third-order valence-electron chi connectivity index (χ3n) is 4.88. The summed E-state index contributed by atoms with van der Waals surface area (Å²) < 4.78 is -0.241. The quantitative estimate of drug-likeness (QED) is 0.819. The molecule has 3 nitrogen and oxygen atoms in total. The van der Waals surface area contributed by atoms with Crippen molar-refractivity contribution in [3.63, 3.8) is 0 Å². The summed E-state index contributed by atoms with van der Waals surface area (Å²) in [5.41, 5.74) is 0. The van der Waals surface area contributed by atoms with Crippen LogP contribution in [0, 0.1) is 5.92 Å². The molecule has 0 aromatic heterocycles. The number of benzene rings is 1. The van der Waals surface area contributed by atoms with Crippen LogP contribution in [-0.2, 0) is 4.79 Å². The predicted octanol–water partition coefficient (Wildman–Crippen LogP) is 3.63. The van der Waals surface area contributed by atoms with E-state index in [0.29, 0.717) is 0 Å². The molecule has 128 valence electrons. The summed E-state index contributed by atoms with van der Waals surface area (Å²) in [6, 6.07) is 10.4. The van der Waals surface area contributed by atoms with Gasteiger partial charge in [0.15, 0.2) is 0 Å². The number of thioether (sulfide) groups is 1. The number of halogens is 1. The van der Waals surface area contributed by atoms with Gasteiger partial charge in [-0.3, -0.25) is 4.79 Å². The van der Waals surface area contributed by atoms with Gasteiger partial charge < -0.3 is 10.6 Å². The normalized spacial score (nSPS) is 22.5. The Kier molecular flexibility index (Phi) is 7.25. The molecule has 23 heavy (non-hydrogen) atoms. The van der Waals surface area contributed by atoms with Gasteiger partial charge in [0.1, 0.15) is 0 Å². The monoisotopic (exact) mass is 354 g/mol. The molecule has 1 heterocycles. The molecule has 5 heteroatoms. The molecule has 1 saturated carbocycles. The van der Waals surface area contributed by atoms with Gasteiger partial charge in [0.05, 0.1) is 4.75 Å². The van der Waals surface area contributed by atoms with Gasteiger partial charge in [-0.15, -0.1) is 24.2 Å². The molecule has 1 saturated heterocycles. The SMILES string of the molecule is Cl.O=C(NCCC1CCNC1)C1(Sc2ccccc2)CCCC1. The summed E-state index contributed by atoms with van der Waals surface area (Å²) in [6.45, 7) is 3.06. The average Bonchev–Trinajstić information content (AvgIpc) is 3.21. The minimum atomic E-state index is -0.241. The van der Waals surface area contributed by atoms with Gasteiger partial charge >= 0.3 is 0 Å². The average molecular weight is 355 g/mol. The lowest BCUT2D eigenvalue weighted by molar-refractivity contribution is -0.123. The third-order valence-corrected chi connectivity index (χ3v) is 6.37. The molecular weight excluding hydrogens is 328 g/mol. The van der Waals surface area contributed by atoms with Crippen LogP contribution in [0.5, 0.6) is 0 Å². The molecule has 1 unspecified atom stereocenters. The zero-order valence-corrected chi connectivity index (χ0v) is 15.2. The zero-order chi connectivity index (χ0) is 15.3. The van der Waals surface area contributed by atoms with E-state index < -0.39 is 0 Å². The van der Waals surface area contributed by atoms with Gasteiger partial charge in [0.25, 0.3) is 0 Å². The Morgan fingerprint density at radius 1 is 1.26 bits per heavy atom. The van der Waals surface area contributed by atoms with Gasteiger partial charge in [-0.25, -0.2) is 0 Å². The standard InChI is InChI=1S/C18H26N2OS.ClH/c21-17(20-13-9-15-8-12-19-14-15)18(10-4-5-11-18)22-16-6-2-1-3-7-16;/h1-3,6-7,15,19H,4-5,8-14H2,(H,20,21);1H. The molecular formula is C18H27ClN2OS. The van der Waals surface area contributed by atoms with Crippen molar-refractivity contribution in [2.75, 3.05) is 19.6 Å². The Morgan fingerprint density at radius 2 is 2.00 bits per heavy atom. The van der Waals surface area contributed by atoms with Crippen molar-refractivity contribution in [2.45, 2.75) is 48.2 Å². The van der Waals surface area contributed by atoms with Crippen LogP contribution in [0.2, 0.25) is 0 Å². The molecule has 1 amide bonds. The summed E-state index contributed by atoms with van der Waals surface area (Å²) in [5, 5.41) is 6.61. The first-order chi connectivity index (χ1) is 10.8. The maximum absolute atomic E-state index is 12.8. The second-order valence-electron chi connectivity index (χ2n) is 6.52. The third kappa shape index (κ3) is 4.88. The van der Waals surface area contributed by atoms with Gasteiger partial charge in [-0.05, 0) is 56.8 Å². The maximum atomic E-state index is 12.8. The Bertz CT molecular complexity index is 485. The van der Waals surface area contributed by atoms with Crippen molar-refractivity contribution in [2.24, 2.45) is 5.92 Å². The van der Waals surface area contributed by atoms with E-state index in [-0.39, 0.29) is 23.1 Å². The lowest BCUT2D eigenvalue weighted by Crippen LogP contribution is -2.43. The molecule has 2 aliphatic rings. The molecule has 1 aromatic rings. The van der Waals surface area contributed by atoms with Gasteiger partial charge in [0, 0.05) is 11.4 Å². The number of hydrogen-bond donors (Lipinski definition) is 2. The first kappa shape index (κ1) is 18.6. The van der Waals surface area contributed by atoms with Crippen LogP contribution in [0.15, 0.2) is 35.2 Å². The molecule has 2 fully saturated rings.